The molecule has 2 aliphatic rings. The van der Waals surface area contributed by atoms with Crippen LogP contribution >= 0.6 is 0 Å². The number of carbonyl (C=O) groups is 2. The Kier molecular flexibility index (Phi) is 6.31. The largest absolute Gasteiger partial charge is 0.481 e. The monoisotopic (exact) mass is 324 g/mol. The Hall–Kier alpha value is -1.26. The number of carboxylic acids is 1. The second-order valence-corrected chi connectivity index (χ2v) is 7.38. The van der Waals surface area contributed by atoms with Gasteiger partial charge in [0.2, 0.25) is 0 Å². The summed E-state index contributed by atoms with van der Waals surface area (Å²) in [6.45, 7) is 6.22. The fourth-order valence-electron chi connectivity index (χ4n) is 4.16. The van der Waals surface area contributed by atoms with Crippen LogP contribution in [0.1, 0.15) is 71.6 Å². The first-order valence-corrected chi connectivity index (χ1v) is 9.28. The first-order chi connectivity index (χ1) is 11.0. The number of nitrogens with zero attached hydrogens (tertiary/aromatic N) is 1. The van der Waals surface area contributed by atoms with Gasteiger partial charge in [-0.3, -0.25) is 4.79 Å². The SMILES string of the molecule is CCC1(CC)CCCN(C(=O)NC2CCC(C(=O)O)CC2)CC1. The van der Waals surface area contributed by atoms with E-state index in [1.54, 1.807) is 0 Å². The minimum absolute atomic E-state index is 0.0479. The zero-order valence-corrected chi connectivity index (χ0v) is 14.6. The van der Waals surface area contributed by atoms with Gasteiger partial charge in [-0.2, -0.15) is 0 Å². The van der Waals surface area contributed by atoms with Gasteiger partial charge in [-0.15, -0.1) is 0 Å². The molecule has 2 rings (SSSR count). The zero-order chi connectivity index (χ0) is 16.9. The number of carbonyl (C=O) groups excluding carboxylic acids is 1. The first kappa shape index (κ1) is 18.1. The quantitative estimate of drug-likeness (QED) is 0.829. The molecule has 5 nitrogen and oxygen atoms in total. The number of amides is 2. The number of rotatable bonds is 4. The first-order valence-electron chi connectivity index (χ1n) is 9.28. The highest BCUT2D eigenvalue weighted by molar-refractivity contribution is 5.74. The lowest BCUT2D eigenvalue weighted by atomic mass is 9.76. The van der Waals surface area contributed by atoms with E-state index in [2.05, 4.69) is 19.2 Å². The summed E-state index contributed by atoms with van der Waals surface area (Å²) < 4.78 is 0. The summed E-state index contributed by atoms with van der Waals surface area (Å²) in [6.07, 6.45) is 8.70. The molecule has 132 valence electrons. The van der Waals surface area contributed by atoms with Crippen LogP contribution in [0.5, 0.6) is 0 Å². The molecule has 1 heterocycles. The second-order valence-electron chi connectivity index (χ2n) is 7.38. The predicted molar refractivity (Wildman–Crippen MR) is 90.4 cm³/mol. The van der Waals surface area contributed by atoms with Gasteiger partial charge >= 0.3 is 12.0 Å². The molecule has 0 radical (unpaired) electrons. The van der Waals surface area contributed by atoms with Crippen molar-refractivity contribution in [3.63, 3.8) is 0 Å². The van der Waals surface area contributed by atoms with Crippen LogP contribution in [0.4, 0.5) is 4.79 Å². The molecule has 0 aromatic rings. The van der Waals surface area contributed by atoms with E-state index in [1.165, 1.54) is 19.3 Å². The molecule has 1 aliphatic heterocycles. The molecule has 0 atom stereocenters. The van der Waals surface area contributed by atoms with E-state index >= 15 is 0 Å². The molecule has 0 unspecified atom stereocenters. The molecule has 0 aromatic carbocycles. The number of nitrogens with one attached hydrogen (secondary N) is 1. The topological polar surface area (TPSA) is 69.6 Å². The van der Waals surface area contributed by atoms with E-state index in [4.69, 9.17) is 5.11 Å². The van der Waals surface area contributed by atoms with Gasteiger partial charge in [0.05, 0.1) is 5.92 Å². The van der Waals surface area contributed by atoms with Crippen LogP contribution in [0.3, 0.4) is 0 Å². The molecule has 1 saturated heterocycles. The Morgan fingerprint density at radius 1 is 1.09 bits per heavy atom. The van der Waals surface area contributed by atoms with Crippen molar-refractivity contribution in [2.24, 2.45) is 11.3 Å². The van der Waals surface area contributed by atoms with Gasteiger partial charge in [-0.1, -0.05) is 26.7 Å². The van der Waals surface area contributed by atoms with Crippen molar-refractivity contribution in [2.45, 2.75) is 77.7 Å². The van der Waals surface area contributed by atoms with Crippen LogP contribution < -0.4 is 5.32 Å². The van der Waals surface area contributed by atoms with Crippen LogP contribution in [0.2, 0.25) is 0 Å². The minimum atomic E-state index is -0.697. The van der Waals surface area contributed by atoms with Crippen LogP contribution in [-0.4, -0.2) is 41.1 Å². The summed E-state index contributed by atoms with van der Waals surface area (Å²) in [6, 6.07) is 0.190. The van der Waals surface area contributed by atoms with E-state index in [9.17, 15) is 9.59 Å². The van der Waals surface area contributed by atoms with Gasteiger partial charge in [0.1, 0.15) is 0 Å². The van der Waals surface area contributed by atoms with Gasteiger partial charge in [0.25, 0.3) is 0 Å². The molecule has 0 spiro atoms. The van der Waals surface area contributed by atoms with Crippen LogP contribution in [-0.2, 0) is 4.79 Å². The molecule has 0 aromatic heterocycles. The number of hydrogen-bond donors (Lipinski definition) is 2. The third kappa shape index (κ3) is 4.61. The molecular weight excluding hydrogens is 292 g/mol. The highest BCUT2D eigenvalue weighted by atomic mass is 16.4. The van der Waals surface area contributed by atoms with Gasteiger partial charge in [-0.25, -0.2) is 4.79 Å². The van der Waals surface area contributed by atoms with Crippen molar-refractivity contribution in [1.29, 1.82) is 0 Å². The normalized spacial score (nSPS) is 28.0. The maximum absolute atomic E-state index is 12.5. The van der Waals surface area contributed by atoms with E-state index in [-0.39, 0.29) is 18.0 Å². The average molecular weight is 324 g/mol. The van der Waals surface area contributed by atoms with Crippen LogP contribution in [0.15, 0.2) is 0 Å². The van der Waals surface area contributed by atoms with Crippen molar-refractivity contribution < 1.29 is 14.7 Å². The smallest absolute Gasteiger partial charge is 0.317 e. The minimum Gasteiger partial charge on any atom is -0.481 e. The van der Waals surface area contributed by atoms with E-state index in [0.717, 1.165) is 38.8 Å². The Balaban J connectivity index is 1.81. The average Bonchev–Trinajstić information content (AvgIpc) is 2.78. The molecule has 2 fully saturated rings. The summed E-state index contributed by atoms with van der Waals surface area (Å²) >= 11 is 0. The van der Waals surface area contributed by atoms with Gasteiger partial charge in [-0.05, 0) is 50.4 Å². The third-order valence-corrected chi connectivity index (χ3v) is 6.24. The number of likely N-dealkylation sites (tertiary alicyclic amines) is 1. The van der Waals surface area contributed by atoms with Crippen LogP contribution in [0, 0.1) is 11.3 Å². The maximum atomic E-state index is 12.5. The van der Waals surface area contributed by atoms with Crippen molar-refractivity contribution in [3.8, 4) is 0 Å². The van der Waals surface area contributed by atoms with E-state index < -0.39 is 5.97 Å². The summed E-state index contributed by atoms with van der Waals surface area (Å²) in [7, 11) is 0. The number of urea groups is 1. The summed E-state index contributed by atoms with van der Waals surface area (Å²) in [5.41, 5.74) is 0.411. The lowest BCUT2D eigenvalue weighted by Gasteiger charge is -2.31. The Bertz CT molecular complexity index is 412. The van der Waals surface area contributed by atoms with Crippen molar-refractivity contribution in [1.82, 2.24) is 10.2 Å². The van der Waals surface area contributed by atoms with Crippen molar-refractivity contribution in [2.75, 3.05) is 13.1 Å². The van der Waals surface area contributed by atoms with Gasteiger partial charge < -0.3 is 15.3 Å². The zero-order valence-electron chi connectivity index (χ0n) is 14.6. The highest BCUT2D eigenvalue weighted by Gasteiger charge is 2.32. The second kappa shape index (κ2) is 8.02. The standard InChI is InChI=1S/C18H32N2O3/c1-3-18(4-2)10-5-12-20(13-11-18)17(23)19-15-8-6-14(7-9-15)16(21)22/h14-15H,3-13H2,1-2H3,(H,19,23)(H,21,22). The van der Waals surface area contributed by atoms with Gasteiger partial charge in [0, 0.05) is 19.1 Å². The molecule has 2 amide bonds. The number of aliphatic carboxylic acids is 1. The molecule has 2 N–H and O–H groups in total. The van der Waals surface area contributed by atoms with Crippen molar-refractivity contribution >= 4 is 12.0 Å². The molecule has 23 heavy (non-hydrogen) atoms. The molecule has 1 saturated carbocycles. The Morgan fingerprint density at radius 2 is 1.74 bits per heavy atom. The van der Waals surface area contributed by atoms with E-state index in [0.29, 0.717) is 18.3 Å². The molecule has 0 bridgehead atoms. The number of carboxylic acid groups (broad SMARTS) is 1. The van der Waals surface area contributed by atoms with Crippen molar-refractivity contribution in [3.05, 3.63) is 0 Å². The summed E-state index contributed by atoms with van der Waals surface area (Å²) in [5, 5.41) is 12.2. The summed E-state index contributed by atoms with van der Waals surface area (Å²) in [5.74, 6) is -0.922. The molecule has 5 heteroatoms. The predicted octanol–water partition coefficient (Wildman–Crippen LogP) is 3.63. The Morgan fingerprint density at radius 3 is 2.30 bits per heavy atom. The summed E-state index contributed by atoms with van der Waals surface area (Å²) in [4.78, 5) is 25.5. The molecule has 1 aliphatic carbocycles. The third-order valence-electron chi connectivity index (χ3n) is 6.24. The van der Waals surface area contributed by atoms with Crippen LogP contribution in [0.25, 0.3) is 0 Å². The lowest BCUT2D eigenvalue weighted by molar-refractivity contribution is -0.142. The Labute approximate surface area is 139 Å². The number of hydrogen-bond acceptors (Lipinski definition) is 2. The van der Waals surface area contributed by atoms with E-state index in [1.807, 2.05) is 4.90 Å². The molecular formula is C18H32N2O3. The van der Waals surface area contributed by atoms with Gasteiger partial charge in [0.15, 0.2) is 0 Å². The maximum Gasteiger partial charge on any atom is 0.317 e. The highest BCUT2D eigenvalue weighted by Crippen LogP contribution is 2.37. The fraction of sp³-hybridized carbons (Fsp3) is 0.889. The lowest BCUT2D eigenvalue weighted by Crippen LogP contribution is -2.46. The fourth-order valence-corrected chi connectivity index (χ4v) is 4.16.